The van der Waals surface area contributed by atoms with E-state index in [1.54, 1.807) is 0 Å². The van der Waals surface area contributed by atoms with E-state index >= 15 is 0 Å². The maximum absolute atomic E-state index is 5.19. The fraction of sp³-hybridized carbons (Fsp3) is 1.00. The van der Waals surface area contributed by atoms with E-state index in [0.29, 0.717) is 0 Å². The second-order valence-corrected chi connectivity index (χ2v) is 30.0. The Kier molecular flexibility index (Phi) is 95.5. The summed E-state index contributed by atoms with van der Waals surface area (Å²) in [6.07, 6.45) is 36.2. The number of piperidine rings is 2. The first-order chi connectivity index (χ1) is 51.0. The van der Waals surface area contributed by atoms with E-state index in [2.05, 4.69) is 70.2 Å². The summed E-state index contributed by atoms with van der Waals surface area (Å²) in [4.78, 5) is 0. The van der Waals surface area contributed by atoms with Crippen LogP contribution >= 0.6 is 35.3 Å². The van der Waals surface area contributed by atoms with Crippen molar-refractivity contribution in [3.63, 3.8) is 0 Å². The van der Waals surface area contributed by atoms with Gasteiger partial charge < -0.3 is 111 Å². The molecule has 17 fully saturated rings. The summed E-state index contributed by atoms with van der Waals surface area (Å²) in [5.74, 6) is 7.66. The van der Waals surface area contributed by atoms with Gasteiger partial charge in [-0.25, -0.2) is 0 Å². The van der Waals surface area contributed by atoms with Crippen LogP contribution in [-0.4, -0.2) is 324 Å². The molecule has 17 saturated heterocycles. The van der Waals surface area contributed by atoms with Crippen molar-refractivity contribution in [3.8, 4) is 0 Å². The first-order valence-electron chi connectivity index (χ1n) is 41.9. The third kappa shape index (κ3) is 94.4. The molecular weight excluding hydrogens is 1350 g/mol. The molecule has 0 saturated carbocycles. The number of rotatable bonds is 0. The van der Waals surface area contributed by atoms with Gasteiger partial charge in [0.2, 0.25) is 0 Å². The van der Waals surface area contributed by atoms with E-state index in [0.717, 1.165) is 191 Å². The average Bonchev–Trinajstić information content (AvgIpc) is 4.09. The fourth-order valence-electron chi connectivity index (χ4n) is 10.2. The van der Waals surface area contributed by atoms with Gasteiger partial charge in [-0.2, -0.15) is 35.3 Å². The third-order valence-corrected chi connectivity index (χ3v) is 19.8. The zero-order valence-electron chi connectivity index (χ0n) is 65.7. The number of nitrogens with one attached hydrogen (secondary N) is 11. The highest BCUT2D eigenvalue weighted by Crippen LogP contribution is 2.07. The van der Waals surface area contributed by atoms with E-state index in [-0.39, 0.29) is 0 Å². The summed E-state index contributed by atoms with van der Waals surface area (Å²) >= 11 is 6.06. The summed E-state index contributed by atoms with van der Waals surface area (Å²) in [6.45, 7) is 46.2. The van der Waals surface area contributed by atoms with E-state index < -0.39 is 0 Å². The van der Waals surface area contributed by atoms with Crippen molar-refractivity contribution in [1.82, 2.24) is 58.5 Å². The third-order valence-electron chi connectivity index (χ3n) is 16.8. The Labute approximate surface area is 639 Å². The van der Waals surface area contributed by atoms with Gasteiger partial charge in [0.15, 0.2) is 0 Å². The molecule has 612 valence electrons. The highest BCUT2D eigenvalue weighted by Gasteiger charge is 2.03. The van der Waals surface area contributed by atoms with Crippen LogP contribution in [0.4, 0.5) is 0 Å². The molecule has 0 radical (unpaired) electrons. The summed E-state index contributed by atoms with van der Waals surface area (Å²) in [5.41, 5.74) is 0. The van der Waals surface area contributed by atoms with Gasteiger partial charge in [-0.05, 0) is 232 Å². The first kappa shape index (κ1) is 100. The minimum atomic E-state index is 0.778. The second kappa shape index (κ2) is 97.2. The summed E-state index contributed by atoms with van der Waals surface area (Å²) in [6, 6.07) is 0. The van der Waals surface area contributed by atoms with Crippen LogP contribution < -0.4 is 58.5 Å². The van der Waals surface area contributed by atoms with Crippen LogP contribution in [0.25, 0.3) is 0 Å². The summed E-state index contributed by atoms with van der Waals surface area (Å²) in [5, 5.41) is 35.8. The lowest BCUT2D eigenvalue weighted by molar-refractivity contribution is -0.0334. The second-order valence-electron chi connectivity index (χ2n) is 26.4. The van der Waals surface area contributed by atoms with Crippen molar-refractivity contribution in [2.75, 3.05) is 324 Å². The lowest BCUT2D eigenvalue weighted by Crippen LogP contribution is -2.30. The molecule has 0 aromatic carbocycles. The summed E-state index contributed by atoms with van der Waals surface area (Å²) in [7, 11) is 0. The van der Waals surface area contributed by atoms with Gasteiger partial charge in [0.05, 0.1) is 72.7 Å². The van der Waals surface area contributed by atoms with Crippen molar-refractivity contribution in [1.29, 1.82) is 0 Å². The molecule has 0 aromatic heterocycles. The van der Waals surface area contributed by atoms with E-state index in [4.69, 9.17) is 52.1 Å². The number of hydrogen-bond donors (Lipinski definition) is 11. The van der Waals surface area contributed by atoms with Crippen molar-refractivity contribution in [2.24, 2.45) is 0 Å². The van der Waals surface area contributed by atoms with Gasteiger partial charge in [0.25, 0.3) is 0 Å². The lowest BCUT2D eigenvalue weighted by atomic mass is 10.2. The molecule has 0 unspecified atom stereocenters. The van der Waals surface area contributed by atoms with Gasteiger partial charge in [-0.15, -0.1) is 0 Å². The van der Waals surface area contributed by atoms with Crippen LogP contribution in [0.15, 0.2) is 0 Å². The Morgan fingerprint density at radius 1 is 0.108 bits per heavy atom. The van der Waals surface area contributed by atoms with Crippen LogP contribution in [0.5, 0.6) is 0 Å². The molecule has 0 aliphatic carbocycles. The number of morpholine rings is 1. The lowest BCUT2D eigenvalue weighted by Gasteiger charge is -2.10. The Balaban J connectivity index is 0.000000543. The molecule has 17 aliphatic rings. The van der Waals surface area contributed by atoms with E-state index in [1.807, 2.05) is 23.5 Å². The number of hydrogen-bond acceptors (Lipinski definition) is 25. The molecular formula is C77H165N11O11S3. The average molecular weight is 1520 g/mol. The topological polar surface area (TPSA) is 234 Å². The molecule has 0 atom stereocenters. The maximum Gasteiger partial charge on any atom is 0.0701 e. The Morgan fingerprint density at radius 3 is 0.647 bits per heavy atom. The predicted octanol–water partition coefficient (Wildman–Crippen LogP) is 8.40. The van der Waals surface area contributed by atoms with Gasteiger partial charge in [0, 0.05) is 154 Å². The molecule has 17 rings (SSSR count). The monoisotopic (exact) mass is 1520 g/mol. The quantitative estimate of drug-likeness (QED) is 0.109. The van der Waals surface area contributed by atoms with Gasteiger partial charge in [0.1, 0.15) is 0 Å². The van der Waals surface area contributed by atoms with E-state index in [9.17, 15) is 0 Å². The highest BCUT2D eigenvalue weighted by molar-refractivity contribution is 7.99. The Morgan fingerprint density at radius 2 is 0.314 bits per heavy atom. The van der Waals surface area contributed by atoms with Crippen LogP contribution in [-0.2, 0) is 52.1 Å². The molecule has 0 aromatic rings. The first-order valence-corrected chi connectivity index (χ1v) is 45.3. The minimum Gasteiger partial charge on any atom is -0.381 e. The SMILES string of the molecule is C1CCCNCC1.C1CCCOCC1.C1CCNC1.C1CCNCC1.C1CCNCC1.C1CCOC1.C1CCOCC1.C1CNC1.C1CNCCNC1.C1CNCCOC1.C1CNCCSC1.C1COC1.C1COCCN1.C1COCCO1.C1COCCOC1.C1CSCCN1.C1CSCCO1. The van der Waals surface area contributed by atoms with Crippen molar-refractivity contribution >= 4 is 35.3 Å². The van der Waals surface area contributed by atoms with Crippen LogP contribution in [0, 0.1) is 0 Å². The molecule has 17 aliphatic heterocycles. The Hall–Kier alpha value is 0.170. The van der Waals surface area contributed by atoms with Crippen molar-refractivity contribution in [2.45, 2.75) is 173 Å². The standard InChI is InChI=1S/C6H13N.C6H12O.C5H12N2.C5H11NO.C5H11NS.2C5H11N.C5H10O2.C5H10O.C4H9NO.C4H9NS.C4H9N.C4H8O2.C4H8OS.C4H8O.C3H7N.C3H6O/c2*1-2-4-6-7-5-3-1;1-2-6-4-5-7-3-1;2*1-2-6-3-5-7-4-1;2*1-2-4-6-5-3-1;1-2-6-4-5-7-3-1;1-2-4-6-5-3-1;2*1-3-6-4-2-5-1;1-2-4-5-3-1;1-2-6-4-3-5-1;1-3-6-4-2-5-1;1-2-4-5-3-1;2*1-2-4-3-1/h7H,1-6H2;1-6H2;6-7H,1-5H2;2*6H,1-5H2;2*6H,1-5H2;1-5H2;1-5H2;2*5H,1-4H2;5H,1-4H2;2*1-4H2;1-4H2;4H,1-3H2;1-3H2. The number of ether oxygens (including phenoxy) is 11. The van der Waals surface area contributed by atoms with Gasteiger partial charge >= 0.3 is 0 Å². The molecule has 17 heterocycles. The Bertz CT molecular complexity index is 968. The predicted molar refractivity (Wildman–Crippen MR) is 437 cm³/mol. The largest absolute Gasteiger partial charge is 0.381 e. The molecule has 0 spiro atoms. The smallest absolute Gasteiger partial charge is 0.0701 e. The molecule has 0 bridgehead atoms. The molecule has 102 heavy (non-hydrogen) atoms. The van der Waals surface area contributed by atoms with Crippen molar-refractivity contribution in [3.05, 3.63) is 0 Å². The van der Waals surface area contributed by atoms with Crippen LogP contribution in [0.3, 0.4) is 0 Å². The fourth-order valence-corrected chi connectivity index (χ4v) is 12.5. The maximum atomic E-state index is 5.19. The molecule has 0 amide bonds. The van der Waals surface area contributed by atoms with Crippen molar-refractivity contribution < 1.29 is 52.1 Å². The zero-order valence-corrected chi connectivity index (χ0v) is 68.1. The van der Waals surface area contributed by atoms with Gasteiger partial charge in [-0.1, -0.05) is 38.5 Å². The minimum absolute atomic E-state index is 0.778. The summed E-state index contributed by atoms with van der Waals surface area (Å²) < 4.78 is 55.1. The van der Waals surface area contributed by atoms with Gasteiger partial charge in [-0.3, -0.25) is 0 Å². The number of thioether (sulfide) groups is 3. The normalized spacial score (nSPS) is 24.0. The molecule has 11 N–H and O–H groups in total. The zero-order chi connectivity index (χ0) is 72.1. The molecule has 22 nitrogen and oxygen atoms in total. The molecule has 25 heteroatoms. The van der Waals surface area contributed by atoms with Crippen LogP contribution in [0.2, 0.25) is 0 Å². The highest BCUT2D eigenvalue weighted by atomic mass is 32.2. The van der Waals surface area contributed by atoms with Crippen LogP contribution in [0.1, 0.15) is 173 Å². The van der Waals surface area contributed by atoms with E-state index in [1.165, 1.54) is 306 Å².